The van der Waals surface area contributed by atoms with Crippen LogP contribution in [0.1, 0.15) is 6.42 Å². The fourth-order valence-corrected chi connectivity index (χ4v) is 0.386. The molecule has 0 aliphatic rings. The summed E-state index contributed by atoms with van der Waals surface area (Å²) < 4.78 is 0. The highest BCUT2D eigenvalue weighted by Crippen LogP contribution is 1.89. The van der Waals surface area contributed by atoms with Gasteiger partial charge in [-0.2, -0.15) is 0 Å². The Labute approximate surface area is 43.1 Å². The van der Waals surface area contributed by atoms with Crippen molar-refractivity contribution in [1.29, 1.82) is 0 Å². The topological polar surface area (TPSA) is 17.1 Å². The van der Waals surface area contributed by atoms with Gasteiger partial charge in [-0.3, -0.25) is 4.79 Å². The third kappa shape index (κ3) is 4.02. The summed E-state index contributed by atoms with van der Waals surface area (Å²) in [4.78, 5) is 9.81. The van der Waals surface area contributed by atoms with E-state index in [1.165, 1.54) is 0 Å². The molecule has 0 spiro atoms. The Hall–Kier alpha value is 0.0249. The van der Waals surface area contributed by atoms with Gasteiger partial charge in [0.25, 0.3) is 0 Å². The number of carbonyl (C=O) groups is 1. The second-order valence-electron chi connectivity index (χ2n) is 1.11. The van der Waals surface area contributed by atoms with Crippen LogP contribution in [0.2, 0.25) is 6.32 Å². The van der Waals surface area contributed by atoms with Crippen LogP contribution in [0, 0.1) is 0 Å². The molecule has 0 aromatic heterocycles. The minimum absolute atomic E-state index is 0.238. The van der Waals surface area contributed by atoms with Gasteiger partial charge in [0.15, 0.2) is 0 Å². The Balaban J connectivity index is 2.83. The summed E-state index contributed by atoms with van der Waals surface area (Å²) in [6.07, 6.45) is 1.35. The summed E-state index contributed by atoms with van der Waals surface area (Å²) >= 11 is 4.94. The number of carbonyl (C=O) groups excluding carboxylic acids is 1. The average Bonchev–Trinajstić information content (AvgIpc) is 1.35. The van der Waals surface area contributed by atoms with Crippen LogP contribution in [0.25, 0.3) is 0 Å². The molecule has 34 valence electrons. The molecular weight excluding hydrogens is 98.3 g/mol. The molecule has 0 heterocycles. The van der Waals surface area contributed by atoms with Crippen LogP contribution in [0.3, 0.4) is 0 Å². The third-order valence-electron chi connectivity index (χ3n) is 0.447. The molecule has 0 aromatic rings. The van der Waals surface area contributed by atoms with Crippen LogP contribution in [0.5, 0.6) is 0 Å². The highest BCUT2D eigenvalue weighted by Gasteiger charge is 1.87. The first-order valence-electron chi connectivity index (χ1n) is 1.95. The Morgan fingerprint density at radius 3 is 2.33 bits per heavy atom. The second-order valence-corrected chi connectivity index (χ2v) is 1.53. The number of hydrogen-bond acceptors (Lipinski definition) is 1. The lowest BCUT2D eigenvalue weighted by atomic mass is 10.0. The van der Waals surface area contributed by atoms with Crippen LogP contribution < -0.4 is 0 Å². The van der Waals surface area contributed by atoms with Gasteiger partial charge in [0.1, 0.15) is 7.85 Å². The molecule has 0 rings (SSSR count). The lowest BCUT2D eigenvalue weighted by Crippen LogP contribution is -1.81. The molecule has 0 N–H and O–H groups in total. The van der Waals surface area contributed by atoms with Gasteiger partial charge in [-0.05, 0) is 11.6 Å². The predicted octanol–water partition coefficient (Wildman–Crippen LogP) is 0.193. The summed E-state index contributed by atoms with van der Waals surface area (Å²) in [5, 5.41) is -0.238. The maximum Gasteiger partial charge on any atom is 0.220 e. The van der Waals surface area contributed by atoms with E-state index in [4.69, 9.17) is 11.6 Å². The predicted molar refractivity (Wildman–Crippen MR) is 28.8 cm³/mol. The first-order valence-corrected chi connectivity index (χ1v) is 2.33. The van der Waals surface area contributed by atoms with Crippen molar-refractivity contribution in [3.63, 3.8) is 0 Å². The molecule has 0 radical (unpaired) electrons. The summed E-state index contributed by atoms with van der Waals surface area (Å²) in [6.45, 7) is 0. The first-order chi connectivity index (χ1) is 2.77. The van der Waals surface area contributed by atoms with E-state index in [1.54, 1.807) is 0 Å². The second kappa shape index (κ2) is 3.22. The van der Waals surface area contributed by atoms with Crippen molar-refractivity contribution in [2.75, 3.05) is 0 Å². The molecule has 1 nitrogen and oxygen atoms in total. The molecule has 6 heavy (non-hydrogen) atoms. The van der Waals surface area contributed by atoms with Crippen molar-refractivity contribution in [2.45, 2.75) is 12.7 Å². The highest BCUT2D eigenvalue weighted by atomic mass is 35.5. The van der Waals surface area contributed by atoms with Gasteiger partial charge >= 0.3 is 0 Å². The van der Waals surface area contributed by atoms with Crippen LogP contribution >= 0.6 is 11.6 Å². The zero-order valence-corrected chi connectivity index (χ0v) is 4.46. The van der Waals surface area contributed by atoms with Crippen molar-refractivity contribution in [3.05, 3.63) is 0 Å². The van der Waals surface area contributed by atoms with Gasteiger partial charge in [-0.1, -0.05) is 6.32 Å². The summed E-state index contributed by atoms with van der Waals surface area (Å²) in [5.41, 5.74) is 0. The largest absolute Gasteiger partial charge is 0.281 e. The lowest BCUT2D eigenvalue weighted by molar-refractivity contribution is -0.111. The molecule has 0 saturated carbocycles. The molecule has 0 saturated heterocycles. The van der Waals surface area contributed by atoms with E-state index in [1.807, 2.05) is 7.85 Å². The van der Waals surface area contributed by atoms with Crippen molar-refractivity contribution < 1.29 is 4.79 Å². The zero-order valence-electron chi connectivity index (χ0n) is 3.70. The van der Waals surface area contributed by atoms with Crippen molar-refractivity contribution in [1.82, 2.24) is 0 Å². The zero-order chi connectivity index (χ0) is 4.99. The maximum atomic E-state index is 9.81. The molecule has 0 atom stereocenters. The number of hydrogen-bond donors (Lipinski definition) is 0. The van der Waals surface area contributed by atoms with Gasteiger partial charge in [0.2, 0.25) is 5.24 Å². The van der Waals surface area contributed by atoms with E-state index < -0.39 is 0 Å². The normalized spacial score (nSPS) is 8.17. The van der Waals surface area contributed by atoms with E-state index in [0.29, 0.717) is 6.42 Å². The maximum absolute atomic E-state index is 9.81. The average molecular weight is 104 g/mol. The molecule has 0 bridgehead atoms. The van der Waals surface area contributed by atoms with Crippen LogP contribution in [0.15, 0.2) is 0 Å². The third-order valence-corrected chi connectivity index (χ3v) is 0.636. The molecular formula is C3H6BClO. The highest BCUT2D eigenvalue weighted by molar-refractivity contribution is 6.63. The molecule has 0 aromatic carbocycles. The number of rotatable bonds is 2. The van der Waals surface area contributed by atoms with Gasteiger partial charge in [-0.15, -0.1) is 0 Å². The first kappa shape index (κ1) is 6.02. The molecule has 0 amide bonds. The van der Waals surface area contributed by atoms with E-state index in [9.17, 15) is 4.79 Å². The molecule has 0 unspecified atom stereocenters. The standard InChI is InChI=1S/C3H6BClO/c4-2-1-3(5)6/h1-2,4H2. The van der Waals surface area contributed by atoms with Gasteiger partial charge in [0.05, 0.1) is 0 Å². The molecule has 3 heteroatoms. The number of halogens is 1. The Morgan fingerprint density at radius 2 is 2.33 bits per heavy atom. The Kier molecular flexibility index (Phi) is 3.24. The van der Waals surface area contributed by atoms with E-state index in [-0.39, 0.29) is 5.24 Å². The van der Waals surface area contributed by atoms with Gasteiger partial charge in [0, 0.05) is 6.42 Å². The van der Waals surface area contributed by atoms with Crippen molar-refractivity contribution >= 4 is 24.7 Å². The SMILES string of the molecule is BCCC(=O)Cl. The Bertz CT molecular complexity index is 54.8. The smallest absolute Gasteiger partial charge is 0.220 e. The van der Waals surface area contributed by atoms with Gasteiger partial charge in [-0.25, -0.2) is 0 Å². The molecule has 0 fully saturated rings. The van der Waals surface area contributed by atoms with Gasteiger partial charge < -0.3 is 0 Å². The fourth-order valence-electron chi connectivity index (χ4n) is 0.197. The van der Waals surface area contributed by atoms with Crippen LogP contribution in [0.4, 0.5) is 0 Å². The van der Waals surface area contributed by atoms with Crippen molar-refractivity contribution in [3.8, 4) is 0 Å². The van der Waals surface area contributed by atoms with E-state index in [2.05, 4.69) is 0 Å². The monoisotopic (exact) mass is 104 g/mol. The molecule has 0 aliphatic carbocycles. The van der Waals surface area contributed by atoms with Crippen LogP contribution in [-0.4, -0.2) is 13.1 Å². The van der Waals surface area contributed by atoms with E-state index >= 15 is 0 Å². The fraction of sp³-hybridized carbons (Fsp3) is 0.667. The lowest BCUT2D eigenvalue weighted by Gasteiger charge is -1.77. The van der Waals surface area contributed by atoms with Crippen molar-refractivity contribution in [2.24, 2.45) is 0 Å². The summed E-state index contributed by atoms with van der Waals surface area (Å²) in [6, 6.07) is 0. The quantitative estimate of drug-likeness (QED) is 0.361. The minimum atomic E-state index is -0.238. The minimum Gasteiger partial charge on any atom is -0.281 e. The summed E-state index contributed by atoms with van der Waals surface area (Å²) in [7, 11) is 1.92. The summed E-state index contributed by atoms with van der Waals surface area (Å²) in [5.74, 6) is 0. The Morgan fingerprint density at radius 1 is 1.83 bits per heavy atom. The van der Waals surface area contributed by atoms with E-state index in [0.717, 1.165) is 6.32 Å². The van der Waals surface area contributed by atoms with Crippen LogP contribution in [-0.2, 0) is 4.79 Å². The molecule has 0 aliphatic heterocycles.